The molecule has 1 rings (SSSR count). The number of benzene rings is 1. The van der Waals surface area contributed by atoms with Gasteiger partial charge in [0.15, 0.2) is 11.5 Å². The van der Waals surface area contributed by atoms with Crippen LogP contribution in [0, 0.1) is 0 Å². The molecular formula is C17H30ClNO5. The monoisotopic (exact) mass is 363 g/mol. The average molecular weight is 364 g/mol. The highest BCUT2D eigenvalue weighted by Gasteiger charge is 2.15. The standard InChI is InChI=1S/C10H12O5.C7H17N.ClH/c1-13-7-4-6(10(11)12)5-8(14-2)9(7)15-3;1-4-7-8(5-2)6-3;/h4-5H,1-3H3,(H,11,12);4-7H2,1-3H3;1H. The third-order valence-corrected chi connectivity index (χ3v) is 3.35. The number of carbonyl (C=O) groups is 1. The molecule has 6 nitrogen and oxygen atoms in total. The van der Waals surface area contributed by atoms with E-state index in [0.29, 0.717) is 17.2 Å². The van der Waals surface area contributed by atoms with Crippen LogP contribution >= 0.6 is 12.4 Å². The van der Waals surface area contributed by atoms with Gasteiger partial charge in [-0.25, -0.2) is 4.79 Å². The summed E-state index contributed by atoms with van der Waals surface area (Å²) in [5, 5.41) is 8.84. The summed E-state index contributed by atoms with van der Waals surface area (Å²) in [5.74, 6) is -0.0113. The van der Waals surface area contributed by atoms with Gasteiger partial charge in [0.25, 0.3) is 0 Å². The molecule has 0 amide bonds. The molecule has 1 aromatic rings. The van der Waals surface area contributed by atoms with Crippen LogP contribution in [0.1, 0.15) is 37.6 Å². The molecule has 0 aromatic heterocycles. The Bertz CT molecular complexity index is 453. The van der Waals surface area contributed by atoms with Crippen LogP contribution in [0.2, 0.25) is 0 Å². The Hall–Kier alpha value is -1.66. The fourth-order valence-corrected chi connectivity index (χ4v) is 2.06. The molecule has 0 heterocycles. The summed E-state index contributed by atoms with van der Waals surface area (Å²) in [6.07, 6.45) is 1.28. The Morgan fingerprint density at radius 3 is 1.67 bits per heavy atom. The van der Waals surface area contributed by atoms with Gasteiger partial charge in [-0.05, 0) is 38.2 Å². The van der Waals surface area contributed by atoms with Crippen molar-refractivity contribution in [3.63, 3.8) is 0 Å². The Balaban J connectivity index is 0. The maximum Gasteiger partial charge on any atom is 0.335 e. The maximum absolute atomic E-state index is 10.8. The molecule has 0 bridgehead atoms. The number of methoxy groups -OCH3 is 3. The third kappa shape index (κ3) is 7.75. The predicted octanol–water partition coefficient (Wildman–Crippen LogP) is 3.57. The Morgan fingerprint density at radius 2 is 1.46 bits per heavy atom. The van der Waals surface area contributed by atoms with Crippen LogP contribution < -0.4 is 14.2 Å². The van der Waals surface area contributed by atoms with Gasteiger partial charge in [0.05, 0.1) is 26.9 Å². The zero-order valence-electron chi connectivity index (χ0n) is 15.4. The summed E-state index contributed by atoms with van der Waals surface area (Å²) in [6.45, 7) is 10.3. The van der Waals surface area contributed by atoms with E-state index in [2.05, 4.69) is 25.7 Å². The largest absolute Gasteiger partial charge is 0.493 e. The van der Waals surface area contributed by atoms with E-state index in [1.54, 1.807) is 0 Å². The first-order valence-electron chi connectivity index (χ1n) is 7.74. The number of carboxylic acids is 1. The number of hydrogen-bond acceptors (Lipinski definition) is 5. The summed E-state index contributed by atoms with van der Waals surface area (Å²) < 4.78 is 15.1. The van der Waals surface area contributed by atoms with Crippen molar-refractivity contribution in [2.75, 3.05) is 41.0 Å². The molecule has 0 spiro atoms. The van der Waals surface area contributed by atoms with Gasteiger partial charge in [-0.3, -0.25) is 0 Å². The fourth-order valence-electron chi connectivity index (χ4n) is 2.06. The van der Waals surface area contributed by atoms with Gasteiger partial charge >= 0.3 is 5.97 Å². The highest BCUT2D eigenvalue weighted by atomic mass is 35.5. The van der Waals surface area contributed by atoms with Gasteiger partial charge < -0.3 is 24.2 Å². The average Bonchev–Trinajstić information content (AvgIpc) is 2.58. The van der Waals surface area contributed by atoms with E-state index in [1.807, 2.05) is 0 Å². The lowest BCUT2D eigenvalue weighted by Crippen LogP contribution is -2.23. The lowest BCUT2D eigenvalue weighted by molar-refractivity contribution is 0.0696. The molecule has 0 saturated carbocycles. The molecule has 0 saturated heterocycles. The summed E-state index contributed by atoms with van der Waals surface area (Å²) in [5.41, 5.74) is 0.0875. The predicted molar refractivity (Wildman–Crippen MR) is 98.4 cm³/mol. The molecule has 1 aromatic carbocycles. The van der Waals surface area contributed by atoms with Crippen LogP contribution in [0.3, 0.4) is 0 Å². The zero-order valence-corrected chi connectivity index (χ0v) is 16.2. The van der Waals surface area contributed by atoms with Gasteiger partial charge in [0.1, 0.15) is 0 Å². The molecule has 0 unspecified atom stereocenters. The van der Waals surface area contributed by atoms with Crippen LogP contribution in [0.5, 0.6) is 17.2 Å². The smallest absolute Gasteiger partial charge is 0.335 e. The van der Waals surface area contributed by atoms with Crippen molar-refractivity contribution in [2.24, 2.45) is 0 Å². The summed E-state index contributed by atoms with van der Waals surface area (Å²) in [6, 6.07) is 2.76. The van der Waals surface area contributed by atoms with E-state index >= 15 is 0 Å². The molecule has 0 aliphatic heterocycles. The number of halogens is 1. The Kier molecular flexibility index (Phi) is 14.1. The molecule has 7 heteroatoms. The normalized spacial score (nSPS) is 9.46. The third-order valence-electron chi connectivity index (χ3n) is 3.35. The van der Waals surface area contributed by atoms with Gasteiger partial charge in [-0.2, -0.15) is 0 Å². The number of ether oxygens (including phenoxy) is 3. The number of aromatic carboxylic acids is 1. The minimum absolute atomic E-state index is 0. The second-order valence-electron chi connectivity index (χ2n) is 4.75. The van der Waals surface area contributed by atoms with Gasteiger partial charge in [0.2, 0.25) is 5.75 Å². The van der Waals surface area contributed by atoms with Gasteiger partial charge in [0, 0.05) is 0 Å². The van der Waals surface area contributed by atoms with Gasteiger partial charge in [-0.1, -0.05) is 20.8 Å². The first-order valence-corrected chi connectivity index (χ1v) is 7.74. The van der Waals surface area contributed by atoms with E-state index in [-0.39, 0.29) is 18.0 Å². The second kappa shape index (κ2) is 13.7. The van der Waals surface area contributed by atoms with Crippen LogP contribution in [-0.2, 0) is 0 Å². The SMILES string of the molecule is CCCN(CC)CC.COc1cc(C(=O)O)cc(OC)c1OC.Cl. The quantitative estimate of drug-likeness (QED) is 0.761. The first kappa shape index (κ1) is 24.6. The number of hydrogen-bond donors (Lipinski definition) is 1. The molecule has 140 valence electrons. The second-order valence-corrected chi connectivity index (χ2v) is 4.75. The molecule has 0 radical (unpaired) electrons. The summed E-state index contributed by atoms with van der Waals surface area (Å²) >= 11 is 0. The summed E-state index contributed by atoms with van der Waals surface area (Å²) in [4.78, 5) is 13.2. The van der Waals surface area contributed by atoms with Crippen LogP contribution in [0.15, 0.2) is 12.1 Å². The molecule has 1 N–H and O–H groups in total. The molecule has 0 aliphatic rings. The van der Waals surface area contributed by atoms with Crippen molar-refractivity contribution in [1.29, 1.82) is 0 Å². The maximum atomic E-state index is 10.8. The minimum atomic E-state index is -1.05. The molecule has 0 fully saturated rings. The van der Waals surface area contributed by atoms with Crippen molar-refractivity contribution in [1.82, 2.24) is 4.90 Å². The highest BCUT2D eigenvalue weighted by Crippen LogP contribution is 2.38. The van der Waals surface area contributed by atoms with E-state index in [0.717, 1.165) is 0 Å². The topological polar surface area (TPSA) is 68.2 Å². The lowest BCUT2D eigenvalue weighted by atomic mass is 10.2. The van der Waals surface area contributed by atoms with Crippen molar-refractivity contribution >= 4 is 18.4 Å². The van der Waals surface area contributed by atoms with E-state index < -0.39 is 5.97 Å². The van der Waals surface area contributed by atoms with Gasteiger partial charge in [-0.15, -0.1) is 12.4 Å². The van der Waals surface area contributed by atoms with E-state index in [1.165, 1.54) is 59.5 Å². The van der Waals surface area contributed by atoms with Crippen LogP contribution in [0.4, 0.5) is 0 Å². The number of carboxylic acid groups (broad SMARTS) is 1. The van der Waals surface area contributed by atoms with Crippen LogP contribution in [-0.4, -0.2) is 56.9 Å². The van der Waals surface area contributed by atoms with Crippen LogP contribution in [0.25, 0.3) is 0 Å². The lowest BCUT2D eigenvalue weighted by Gasteiger charge is -2.15. The fraction of sp³-hybridized carbons (Fsp3) is 0.588. The van der Waals surface area contributed by atoms with E-state index in [4.69, 9.17) is 19.3 Å². The van der Waals surface area contributed by atoms with Crippen molar-refractivity contribution < 1.29 is 24.1 Å². The number of nitrogens with zero attached hydrogens (tertiary/aromatic N) is 1. The molecule has 24 heavy (non-hydrogen) atoms. The number of rotatable bonds is 8. The summed E-state index contributed by atoms with van der Waals surface area (Å²) in [7, 11) is 4.33. The zero-order chi connectivity index (χ0) is 17.8. The minimum Gasteiger partial charge on any atom is -0.493 e. The molecular weight excluding hydrogens is 334 g/mol. The molecule has 0 aliphatic carbocycles. The molecule has 0 atom stereocenters. The Morgan fingerprint density at radius 1 is 1.00 bits per heavy atom. The first-order chi connectivity index (χ1) is 11.0. The van der Waals surface area contributed by atoms with E-state index in [9.17, 15) is 4.79 Å². The van der Waals surface area contributed by atoms with Crippen molar-refractivity contribution in [3.8, 4) is 17.2 Å². The van der Waals surface area contributed by atoms with Crippen molar-refractivity contribution in [3.05, 3.63) is 17.7 Å². The van der Waals surface area contributed by atoms with Crippen molar-refractivity contribution in [2.45, 2.75) is 27.2 Å². The Labute approximate surface area is 151 Å². The highest BCUT2D eigenvalue weighted by molar-refractivity contribution is 5.89.